The Bertz CT molecular complexity index is 322. The van der Waals surface area contributed by atoms with Gasteiger partial charge >= 0.3 is 0 Å². The highest BCUT2D eigenvalue weighted by Gasteiger charge is 2.40. The molecule has 1 aliphatic heterocycles. The van der Waals surface area contributed by atoms with E-state index >= 15 is 0 Å². The molecule has 3 unspecified atom stereocenters. The molecule has 0 aromatic rings. The molecule has 0 spiro atoms. The van der Waals surface area contributed by atoms with Crippen LogP contribution in [0.1, 0.15) is 58.3 Å². The number of hydrogen-bond donors (Lipinski definition) is 1. The molecule has 0 bridgehead atoms. The minimum atomic E-state index is -0.250. The predicted octanol–water partition coefficient (Wildman–Crippen LogP) is 2.92. The molecule has 3 nitrogen and oxygen atoms in total. The van der Waals surface area contributed by atoms with Crippen molar-refractivity contribution in [2.75, 3.05) is 20.1 Å². The summed E-state index contributed by atoms with van der Waals surface area (Å²) in [5.41, 5.74) is -0.250. The minimum Gasteiger partial charge on any atom is -0.302 e. The Labute approximate surface area is 118 Å². The molecular formula is C16H29N3. The van der Waals surface area contributed by atoms with Gasteiger partial charge in [0.2, 0.25) is 0 Å². The third-order valence-electron chi connectivity index (χ3n) is 5.28. The summed E-state index contributed by atoms with van der Waals surface area (Å²) in [7, 11) is 1.94. The molecule has 0 amide bonds. The van der Waals surface area contributed by atoms with Crippen LogP contribution in [0.3, 0.4) is 0 Å². The van der Waals surface area contributed by atoms with Gasteiger partial charge in [0, 0.05) is 6.04 Å². The normalized spacial score (nSPS) is 36.9. The molecule has 2 aliphatic rings. The SMILES string of the molecule is CCCC1CCCN(C2CCC(C#N)(NC)C2)CC1. The van der Waals surface area contributed by atoms with Crippen LogP contribution in [0.15, 0.2) is 0 Å². The van der Waals surface area contributed by atoms with Crippen molar-refractivity contribution in [2.24, 2.45) is 5.92 Å². The van der Waals surface area contributed by atoms with Crippen LogP contribution in [0.25, 0.3) is 0 Å². The summed E-state index contributed by atoms with van der Waals surface area (Å²) in [4.78, 5) is 2.67. The molecular weight excluding hydrogens is 234 g/mol. The Morgan fingerprint density at radius 2 is 2.16 bits per heavy atom. The molecule has 19 heavy (non-hydrogen) atoms. The van der Waals surface area contributed by atoms with Crippen LogP contribution in [0.4, 0.5) is 0 Å². The van der Waals surface area contributed by atoms with Crippen molar-refractivity contribution in [1.29, 1.82) is 5.26 Å². The Morgan fingerprint density at radius 3 is 2.79 bits per heavy atom. The molecule has 0 aromatic carbocycles. The van der Waals surface area contributed by atoms with Gasteiger partial charge in [-0.1, -0.05) is 19.8 Å². The van der Waals surface area contributed by atoms with E-state index in [1.54, 1.807) is 0 Å². The number of nitriles is 1. The topological polar surface area (TPSA) is 39.1 Å². The van der Waals surface area contributed by atoms with Crippen molar-refractivity contribution < 1.29 is 0 Å². The van der Waals surface area contributed by atoms with Crippen LogP contribution < -0.4 is 5.32 Å². The Hall–Kier alpha value is -0.590. The van der Waals surface area contributed by atoms with Crippen LogP contribution in [0, 0.1) is 17.2 Å². The maximum atomic E-state index is 9.37. The van der Waals surface area contributed by atoms with Gasteiger partial charge in [-0.05, 0) is 64.6 Å². The van der Waals surface area contributed by atoms with E-state index in [0.29, 0.717) is 6.04 Å². The van der Waals surface area contributed by atoms with E-state index < -0.39 is 0 Å². The highest BCUT2D eigenvalue weighted by atomic mass is 15.2. The zero-order valence-electron chi connectivity index (χ0n) is 12.6. The molecule has 3 heteroatoms. The van der Waals surface area contributed by atoms with E-state index in [4.69, 9.17) is 0 Å². The van der Waals surface area contributed by atoms with Crippen molar-refractivity contribution in [1.82, 2.24) is 10.2 Å². The van der Waals surface area contributed by atoms with Gasteiger partial charge in [-0.2, -0.15) is 5.26 Å². The van der Waals surface area contributed by atoms with Gasteiger partial charge in [-0.3, -0.25) is 0 Å². The van der Waals surface area contributed by atoms with Gasteiger partial charge in [0.25, 0.3) is 0 Å². The number of nitrogens with zero attached hydrogens (tertiary/aromatic N) is 2. The fourth-order valence-electron chi connectivity index (χ4n) is 3.97. The number of rotatable bonds is 4. The Balaban J connectivity index is 1.88. The second kappa shape index (κ2) is 6.72. The highest BCUT2D eigenvalue weighted by Crippen LogP contribution is 2.34. The lowest BCUT2D eigenvalue weighted by Crippen LogP contribution is -2.42. The van der Waals surface area contributed by atoms with Gasteiger partial charge < -0.3 is 10.2 Å². The zero-order chi connectivity index (χ0) is 13.7. The lowest BCUT2D eigenvalue weighted by molar-refractivity contribution is 0.197. The summed E-state index contributed by atoms with van der Waals surface area (Å²) < 4.78 is 0. The van der Waals surface area contributed by atoms with Gasteiger partial charge in [-0.25, -0.2) is 0 Å². The van der Waals surface area contributed by atoms with Gasteiger partial charge in [0.1, 0.15) is 5.54 Å². The first-order valence-corrected chi connectivity index (χ1v) is 8.07. The van der Waals surface area contributed by atoms with E-state index in [2.05, 4.69) is 23.2 Å². The standard InChI is InChI=1S/C16H29N3/c1-3-5-14-6-4-10-19(11-8-14)15-7-9-16(12-15,13-17)18-2/h14-15,18H,3-12H2,1-2H3. The molecule has 1 saturated carbocycles. The van der Waals surface area contributed by atoms with Crippen LogP contribution in [-0.4, -0.2) is 36.6 Å². The van der Waals surface area contributed by atoms with Crippen molar-refractivity contribution in [3.05, 3.63) is 0 Å². The summed E-state index contributed by atoms with van der Waals surface area (Å²) in [6, 6.07) is 3.14. The van der Waals surface area contributed by atoms with Crippen molar-refractivity contribution in [3.8, 4) is 6.07 Å². The first-order chi connectivity index (χ1) is 9.23. The monoisotopic (exact) mass is 263 g/mol. The summed E-state index contributed by atoms with van der Waals surface area (Å²) in [6.07, 6.45) is 10.1. The molecule has 2 fully saturated rings. The van der Waals surface area contributed by atoms with Crippen molar-refractivity contribution in [3.63, 3.8) is 0 Å². The number of nitrogens with one attached hydrogen (secondary N) is 1. The highest BCUT2D eigenvalue weighted by molar-refractivity contribution is 5.12. The van der Waals surface area contributed by atoms with Crippen LogP contribution in [0.2, 0.25) is 0 Å². The third kappa shape index (κ3) is 3.49. The molecule has 1 heterocycles. The van der Waals surface area contributed by atoms with Crippen molar-refractivity contribution >= 4 is 0 Å². The van der Waals surface area contributed by atoms with E-state index in [-0.39, 0.29) is 5.54 Å². The fraction of sp³-hybridized carbons (Fsp3) is 0.938. The molecule has 0 aromatic heterocycles. The average Bonchev–Trinajstić information content (AvgIpc) is 2.74. The maximum Gasteiger partial charge on any atom is 0.108 e. The molecule has 0 radical (unpaired) electrons. The molecule has 108 valence electrons. The smallest absolute Gasteiger partial charge is 0.108 e. The molecule has 1 aliphatic carbocycles. The first-order valence-electron chi connectivity index (χ1n) is 8.07. The predicted molar refractivity (Wildman–Crippen MR) is 78.9 cm³/mol. The molecule has 2 rings (SSSR count). The third-order valence-corrected chi connectivity index (χ3v) is 5.28. The van der Waals surface area contributed by atoms with E-state index in [9.17, 15) is 5.26 Å². The minimum absolute atomic E-state index is 0.250. The molecule has 3 atom stereocenters. The quantitative estimate of drug-likeness (QED) is 0.847. The van der Waals surface area contributed by atoms with Gasteiger partial charge in [0.15, 0.2) is 0 Å². The second-order valence-electron chi connectivity index (χ2n) is 6.46. The zero-order valence-corrected chi connectivity index (χ0v) is 12.6. The largest absolute Gasteiger partial charge is 0.302 e. The maximum absolute atomic E-state index is 9.37. The van der Waals surface area contributed by atoms with E-state index in [1.165, 1.54) is 51.6 Å². The summed E-state index contributed by atoms with van der Waals surface area (Å²) in [5, 5.41) is 12.6. The Morgan fingerprint density at radius 1 is 1.32 bits per heavy atom. The molecule has 1 saturated heterocycles. The fourth-order valence-corrected chi connectivity index (χ4v) is 3.97. The van der Waals surface area contributed by atoms with Gasteiger partial charge in [0.05, 0.1) is 6.07 Å². The average molecular weight is 263 g/mol. The van der Waals surface area contributed by atoms with Gasteiger partial charge in [-0.15, -0.1) is 0 Å². The van der Waals surface area contributed by atoms with Crippen LogP contribution in [0.5, 0.6) is 0 Å². The summed E-state index contributed by atoms with van der Waals surface area (Å²) in [5.74, 6) is 0.946. The van der Waals surface area contributed by atoms with Crippen LogP contribution in [-0.2, 0) is 0 Å². The first kappa shape index (κ1) is 14.8. The summed E-state index contributed by atoms with van der Waals surface area (Å²) in [6.45, 7) is 4.80. The second-order valence-corrected chi connectivity index (χ2v) is 6.46. The lowest BCUT2D eigenvalue weighted by Gasteiger charge is -2.28. The lowest BCUT2D eigenvalue weighted by atomic mass is 9.96. The molecule has 1 N–H and O–H groups in total. The Kier molecular flexibility index (Phi) is 5.24. The number of likely N-dealkylation sites (tertiary alicyclic amines) is 1. The summed E-state index contributed by atoms with van der Waals surface area (Å²) >= 11 is 0. The van der Waals surface area contributed by atoms with E-state index in [1.807, 2.05) is 7.05 Å². The number of hydrogen-bond acceptors (Lipinski definition) is 3. The van der Waals surface area contributed by atoms with Crippen LogP contribution >= 0.6 is 0 Å². The van der Waals surface area contributed by atoms with Crippen molar-refractivity contribution in [2.45, 2.75) is 69.9 Å². The van der Waals surface area contributed by atoms with E-state index in [0.717, 1.165) is 18.8 Å².